The Hall–Kier alpha value is -1.96. The van der Waals surface area contributed by atoms with Gasteiger partial charge < -0.3 is 14.2 Å². The molecule has 0 aromatic heterocycles. The molecular formula is C17H13BrCl2N2O4. The van der Waals surface area contributed by atoms with Gasteiger partial charge >= 0.3 is 0 Å². The number of benzene rings is 2. The number of nitrogens with one attached hydrogen (secondary N) is 1. The molecule has 0 fully saturated rings. The molecule has 1 atom stereocenters. The molecule has 1 heterocycles. The van der Waals surface area contributed by atoms with Crippen LogP contribution in [0.2, 0.25) is 10.0 Å². The third-order valence-electron chi connectivity index (χ3n) is 3.44. The zero-order chi connectivity index (χ0) is 18.7. The Bertz CT molecular complexity index is 876. The van der Waals surface area contributed by atoms with Crippen molar-refractivity contribution < 1.29 is 19.0 Å². The summed E-state index contributed by atoms with van der Waals surface area (Å²) >= 11 is 15.3. The summed E-state index contributed by atoms with van der Waals surface area (Å²) in [5.41, 5.74) is 3.15. The fourth-order valence-electron chi connectivity index (χ4n) is 2.10. The molecule has 1 N–H and O–H groups in total. The van der Waals surface area contributed by atoms with Crippen LogP contribution in [0.3, 0.4) is 0 Å². The largest absolute Gasteiger partial charge is 0.479 e. The predicted molar refractivity (Wildman–Crippen MR) is 103 cm³/mol. The van der Waals surface area contributed by atoms with E-state index in [9.17, 15) is 4.79 Å². The molecule has 0 radical (unpaired) electrons. The molecule has 0 spiro atoms. The van der Waals surface area contributed by atoms with Crippen molar-refractivity contribution in [1.82, 2.24) is 5.43 Å². The van der Waals surface area contributed by atoms with Gasteiger partial charge in [-0.3, -0.25) is 4.79 Å². The zero-order valence-electron chi connectivity index (χ0n) is 13.5. The lowest BCUT2D eigenvalue weighted by Crippen LogP contribution is -2.33. The van der Waals surface area contributed by atoms with E-state index < -0.39 is 12.0 Å². The first-order chi connectivity index (χ1) is 12.4. The van der Waals surface area contributed by atoms with E-state index >= 15 is 0 Å². The minimum absolute atomic E-state index is 0.182. The number of amides is 1. The van der Waals surface area contributed by atoms with Crippen molar-refractivity contribution in [2.24, 2.45) is 5.10 Å². The smallest absolute Gasteiger partial charge is 0.280 e. The molecule has 2 aromatic carbocycles. The highest BCUT2D eigenvalue weighted by atomic mass is 79.9. The molecule has 0 bridgehead atoms. The number of halogens is 3. The molecule has 26 heavy (non-hydrogen) atoms. The first kappa shape index (κ1) is 18.8. The number of hydrogen-bond donors (Lipinski definition) is 1. The van der Waals surface area contributed by atoms with Gasteiger partial charge in [0.1, 0.15) is 5.75 Å². The molecule has 6 nitrogen and oxygen atoms in total. The maximum atomic E-state index is 12.1. The van der Waals surface area contributed by atoms with E-state index in [1.807, 2.05) is 0 Å². The number of hydrogen-bond acceptors (Lipinski definition) is 5. The van der Waals surface area contributed by atoms with Crippen molar-refractivity contribution in [3.8, 4) is 17.2 Å². The molecular weight excluding hydrogens is 447 g/mol. The Morgan fingerprint density at radius 3 is 2.77 bits per heavy atom. The maximum Gasteiger partial charge on any atom is 0.280 e. The van der Waals surface area contributed by atoms with Gasteiger partial charge in [0.05, 0.1) is 11.2 Å². The van der Waals surface area contributed by atoms with Gasteiger partial charge in [0.2, 0.25) is 6.79 Å². The normalized spacial score (nSPS) is 13.7. The number of ether oxygens (including phenoxy) is 3. The first-order valence-corrected chi connectivity index (χ1v) is 9.02. The lowest BCUT2D eigenvalue weighted by Gasteiger charge is -2.14. The van der Waals surface area contributed by atoms with Gasteiger partial charge in [-0.05, 0) is 53.2 Å². The SMILES string of the molecule is CC(Oc1ccc(Cl)cc1Cl)C(=O)N/N=C/c1cc2c(cc1Br)OCO2. The van der Waals surface area contributed by atoms with Crippen LogP contribution in [0.5, 0.6) is 17.2 Å². The number of carbonyl (C=O) groups is 1. The van der Waals surface area contributed by atoms with Crippen molar-refractivity contribution in [3.63, 3.8) is 0 Å². The summed E-state index contributed by atoms with van der Waals surface area (Å²) in [6.45, 7) is 1.77. The third-order valence-corrected chi connectivity index (χ3v) is 4.65. The van der Waals surface area contributed by atoms with E-state index in [1.54, 1.807) is 37.3 Å². The van der Waals surface area contributed by atoms with Crippen LogP contribution >= 0.6 is 39.1 Å². The van der Waals surface area contributed by atoms with Crippen molar-refractivity contribution in [3.05, 3.63) is 50.4 Å². The van der Waals surface area contributed by atoms with Gasteiger partial charge in [-0.2, -0.15) is 5.10 Å². The van der Waals surface area contributed by atoms with Crippen molar-refractivity contribution in [2.75, 3.05) is 6.79 Å². The Labute approximate surface area is 168 Å². The second-order valence-corrected chi connectivity index (χ2v) is 6.99. The Morgan fingerprint density at radius 1 is 1.31 bits per heavy atom. The maximum absolute atomic E-state index is 12.1. The van der Waals surface area contributed by atoms with Crippen LogP contribution in [0.1, 0.15) is 12.5 Å². The van der Waals surface area contributed by atoms with Crippen LogP contribution in [0.25, 0.3) is 0 Å². The van der Waals surface area contributed by atoms with Crippen molar-refractivity contribution in [2.45, 2.75) is 13.0 Å². The van der Waals surface area contributed by atoms with Crippen LogP contribution in [-0.4, -0.2) is 25.0 Å². The monoisotopic (exact) mass is 458 g/mol. The molecule has 2 aromatic rings. The highest BCUT2D eigenvalue weighted by Crippen LogP contribution is 2.36. The van der Waals surface area contributed by atoms with Gasteiger partial charge in [0, 0.05) is 15.1 Å². The number of rotatable bonds is 5. The highest BCUT2D eigenvalue weighted by Gasteiger charge is 2.17. The van der Waals surface area contributed by atoms with Gasteiger partial charge in [-0.1, -0.05) is 23.2 Å². The number of carbonyl (C=O) groups excluding carboxylic acids is 1. The van der Waals surface area contributed by atoms with E-state index in [2.05, 4.69) is 26.5 Å². The van der Waals surface area contributed by atoms with Gasteiger partial charge in [-0.15, -0.1) is 0 Å². The second kappa shape index (κ2) is 8.16. The second-order valence-electron chi connectivity index (χ2n) is 5.30. The van der Waals surface area contributed by atoms with Gasteiger partial charge in [0.15, 0.2) is 17.6 Å². The molecule has 0 saturated heterocycles. The molecule has 9 heteroatoms. The fourth-order valence-corrected chi connectivity index (χ4v) is 2.98. The molecule has 0 aliphatic carbocycles. The molecule has 1 aliphatic heterocycles. The molecule has 136 valence electrons. The fraction of sp³-hybridized carbons (Fsp3) is 0.176. The minimum atomic E-state index is -0.800. The summed E-state index contributed by atoms with van der Waals surface area (Å²) < 4.78 is 16.9. The minimum Gasteiger partial charge on any atom is -0.479 e. The van der Waals surface area contributed by atoms with E-state index in [-0.39, 0.29) is 6.79 Å². The summed E-state index contributed by atoms with van der Waals surface area (Å²) in [7, 11) is 0. The Morgan fingerprint density at radius 2 is 2.04 bits per heavy atom. The van der Waals surface area contributed by atoms with Crippen molar-refractivity contribution in [1.29, 1.82) is 0 Å². The van der Waals surface area contributed by atoms with Gasteiger partial charge in [-0.25, -0.2) is 5.43 Å². The first-order valence-electron chi connectivity index (χ1n) is 7.48. The lowest BCUT2D eigenvalue weighted by molar-refractivity contribution is -0.127. The summed E-state index contributed by atoms with van der Waals surface area (Å²) in [5.74, 6) is 1.21. The average molecular weight is 460 g/mol. The molecule has 3 rings (SSSR count). The van der Waals surface area contributed by atoms with Crippen LogP contribution in [-0.2, 0) is 4.79 Å². The van der Waals surface area contributed by atoms with E-state index in [1.165, 1.54) is 6.21 Å². The Kier molecular flexibility index (Phi) is 5.90. The molecule has 0 saturated carbocycles. The van der Waals surface area contributed by atoms with E-state index in [0.717, 1.165) is 10.0 Å². The molecule has 1 aliphatic rings. The van der Waals surface area contributed by atoms with E-state index in [4.69, 9.17) is 37.4 Å². The number of hydrazone groups is 1. The van der Waals surface area contributed by atoms with Crippen LogP contribution in [0.4, 0.5) is 0 Å². The zero-order valence-corrected chi connectivity index (χ0v) is 16.6. The van der Waals surface area contributed by atoms with Crippen LogP contribution in [0.15, 0.2) is 39.9 Å². The van der Waals surface area contributed by atoms with Crippen LogP contribution < -0.4 is 19.6 Å². The predicted octanol–water partition coefficient (Wildman–Crippen LogP) is 4.40. The summed E-state index contributed by atoms with van der Waals surface area (Å²) in [6.07, 6.45) is 0.692. The number of nitrogens with zero attached hydrogens (tertiary/aromatic N) is 1. The molecule has 1 unspecified atom stereocenters. The average Bonchev–Trinajstić information content (AvgIpc) is 3.04. The summed E-state index contributed by atoms with van der Waals surface area (Å²) in [6, 6.07) is 8.30. The van der Waals surface area contributed by atoms with Crippen molar-refractivity contribution >= 4 is 51.3 Å². The summed E-state index contributed by atoms with van der Waals surface area (Å²) in [5, 5.41) is 4.75. The Balaban J connectivity index is 1.60. The summed E-state index contributed by atoms with van der Waals surface area (Å²) in [4.78, 5) is 12.1. The number of fused-ring (bicyclic) bond motifs is 1. The molecule has 1 amide bonds. The third kappa shape index (κ3) is 4.41. The lowest BCUT2D eigenvalue weighted by atomic mass is 10.2. The topological polar surface area (TPSA) is 69.2 Å². The van der Waals surface area contributed by atoms with E-state index in [0.29, 0.717) is 27.3 Å². The standard InChI is InChI=1S/C17H13BrCl2N2O4/c1-9(26-14-3-2-11(19)5-13(14)20)17(23)22-21-7-10-4-15-16(6-12(10)18)25-8-24-15/h2-7,9H,8H2,1H3,(H,22,23)/b21-7+. The van der Waals surface area contributed by atoms with Crippen LogP contribution in [0, 0.1) is 0 Å². The van der Waals surface area contributed by atoms with Gasteiger partial charge in [0.25, 0.3) is 5.91 Å². The quantitative estimate of drug-likeness (QED) is 0.531. The highest BCUT2D eigenvalue weighted by molar-refractivity contribution is 9.10.